The highest BCUT2D eigenvalue weighted by atomic mass is 32.2. The van der Waals surface area contributed by atoms with Gasteiger partial charge < -0.3 is 0 Å². The summed E-state index contributed by atoms with van der Waals surface area (Å²) in [5.41, 5.74) is 7.06. The molecule has 0 spiro atoms. The first kappa shape index (κ1) is 22.9. The van der Waals surface area contributed by atoms with Crippen LogP contribution in [0.4, 0.5) is 0 Å². The zero-order chi connectivity index (χ0) is 22.6. The third-order valence-corrected chi connectivity index (χ3v) is 9.20. The smallest absolute Gasteiger partial charge is 0.273 e. The molecule has 2 aromatic rings. The number of aryl methyl sites for hydroxylation is 3. The van der Waals surface area contributed by atoms with Crippen LogP contribution >= 0.6 is 11.3 Å². The summed E-state index contributed by atoms with van der Waals surface area (Å²) in [6.45, 7) is 1.15. The minimum atomic E-state index is -3.47. The van der Waals surface area contributed by atoms with Gasteiger partial charge in [-0.05, 0) is 67.9 Å². The van der Waals surface area contributed by atoms with Crippen LogP contribution in [0.5, 0.6) is 0 Å². The molecule has 2 N–H and O–H groups in total. The Morgan fingerprint density at radius 1 is 0.938 bits per heavy atom. The average Bonchev–Trinajstić information content (AvgIpc) is 3.28. The lowest BCUT2D eigenvalue weighted by Crippen LogP contribution is -2.41. The number of rotatable bonds is 6. The summed E-state index contributed by atoms with van der Waals surface area (Å²) in [7, 11) is -3.47. The molecular formula is C23H29N3O4S2. The van der Waals surface area contributed by atoms with Crippen molar-refractivity contribution in [2.45, 2.75) is 62.7 Å². The molecule has 172 valence electrons. The first-order valence-corrected chi connectivity index (χ1v) is 13.5. The maximum atomic E-state index is 12.9. The third kappa shape index (κ3) is 5.39. The van der Waals surface area contributed by atoms with Crippen LogP contribution in [-0.4, -0.2) is 37.6 Å². The molecule has 1 aliphatic carbocycles. The quantitative estimate of drug-likeness (QED) is 0.627. The Morgan fingerprint density at radius 2 is 1.66 bits per heavy atom. The Hall–Kier alpha value is -2.23. The molecule has 0 bridgehead atoms. The Morgan fingerprint density at radius 3 is 2.34 bits per heavy atom. The molecule has 0 radical (unpaired) electrons. The van der Waals surface area contributed by atoms with E-state index in [1.54, 1.807) is 28.6 Å². The number of nitrogens with zero attached hydrogens (tertiary/aromatic N) is 1. The topological polar surface area (TPSA) is 95.6 Å². The predicted molar refractivity (Wildman–Crippen MR) is 124 cm³/mol. The lowest BCUT2D eigenvalue weighted by Gasteiger charge is -2.20. The van der Waals surface area contributed by atoms with Gasteiger partial charge in [0, 0.05) is 24.4 Å². The van der Waals surface area contributed by atoms with E-state index in [9.17, 15) is 18.0 Å². The first-order valence-electron chi connectivity index (χ1n) is 11.2. The highest BCUT2D eigenvalue weighted by Crippen LogP contribution is 2.30. The van der Waals surface area contributed by atoms with Gasteiger partial charge in [0.15, 0.2) is 0 Å². The van der Waals surface area contributed by atoms with E-state index < -0.39 is 10.0 Å². The van der Waals surface area contributed by atoms with Crippen LogP contribution in [0.25, 0.3) is 0 Å². The van der Waals surface area contributed by atoms with E-state index in [1.165, 1.54) is 21.8 Å². The van der Waals surface area contributed by atoms with Gasteiger partial charge in [0.05, 0.1) is 9.77 Å². The molecule has 0 unspecified atom stereocenters. The molecule has 7 nitrogen and oxygen atoms in total. The number of benzene rings is 1. The molecule has 2 aliphatic rings. The minimum absolute atomic E-state index is 0.194. The molecule has 4 rings (SSSR count). The SMILES string of the molecule is O=C(CCc1ccc(S(=O)(=O)N2CCCCCC2)cc1)NNC(=O)c1cc2c(s1)CCC2. The molecule has 0 saturated carbocycles. The molecule has 2 heterocycles. The van der Waals surface area contributed by atoms with E-state index in [1.807, 2.05) is 6.07 Å². The van der Waals surface area contributed by atoms with E-state index in [2.05, 4.69) is 10.9 Å². The zero-order valence-corrected chi connectivity index (χ0v) is 19.7. The number of nitrogens with one attached hydrogen (secondary N) is 2. The number of carbonyl (C=O) groups is 2. The summed E-state index contributed by atoms with van der Waals surface area (Å²) in [6.07, 6.45) is 7.78. The molecular weight excluding hydrogens is 446 g/mol. The fraction of sp³-hybridized carbons (Fsp3) is 0.478. The number of thiophene rings is 1. The average molecular weight is 476 g/mol. The fourth-order valence-corrected chi connectivity index (χ4v) is 6.87. The van der Waals surface area contributed by atoms with E-state index in [0.29, 0.717) is 29.3 Å². The van der Waals surface area contributed by atoms with Crippen molar-refractivity contribution in [2.75, 3.05) is 13.1 Å². The monoisotopic (exact) mass is 475 g/mol. The van der Waals surface area contributed by atoms with Crippen LogP contribution in [0.1, 0.15) is 64.2 Å². The zero-order valence-electron chi connectivity index (χ0n) is 18.1. The summed E-state index contributed by atoms with van der Waals surface area (Å²) >= 11 is 1.49. The Labute approximate surface area is 193 Å². The van der Waals surface area contributed by atoms with E-state index in [0.717, 1.165) is 50.5 Å². The highest BCUT2D eigenvalue weighted by molar-refractivity contribution is 7.89. The lowest BCUT2D eigenvalue weighted by atomic mass is 10.1. The molecule has 1 aliphatic heterocycles. The summed E-state index contributed by atoms with van der Waals surface area (Å²) in [5, 5.41) is 0. The van der Waals surface area contributed by atoms with Gasteiger partial charge in [-0.3, -0.25) is 20.4 Å². The summed E-state index contributed by atoms with van der Waals surface area (Å²) < 4.78 is 27.3. The third-order valence-electron chi connectivity index (χ3n) is 6.05. The van der Waals surface area contributed by atoms with Crippen molar-refractivity contribution in [2.24, 2.45) is 0 Å². The van der Waals surface area contributed by atoms with Gasteiger partial charge in [0.1, 0.15) is 0 Å². The highest BCUT2D eigenvalue weighted by Gasteiger charge is 2.25. The molecule has 2 amide bonds. The number of carbonyl (C=O) groups excluding carboxylic acids is 2. The second kappa shape index (κ2) is 10.1. The second-order valence-electron chi connectivity index (χ2n) is 8.38. The van der Waals surface area contributed by atoms with Crippen LogP contribution < -0.4 is 10.9 Å². The Bertz CT molecular complexity index is 1050. The maximum absolute atomic E-state index is 12.9. The fourth-order valence-electron chi connectivity index (χ4n) is 4.21. The van der Waals surface area contributed by atoms with Crippen LogP contribution in [0, 0.1) is 0 Å². The first-order chi connectivity index (χ1) is 15.4. The molecule has 0 atom stereocenters. The predicted octanol–water partition coefficient (Wildman–Crippen LogP) is 3.20. The van der Waals surface area contributed by atoms with E-state index >= 15 is 0 Å². The molecule has 1 saturated heterocycles. The van der Waals surface area contributed by atoms with Gasteiger partial charge in [-0.2, -0.15) is 4.31 Å². The number of hydrazine groups is 1. The van der Waals surface area contributed by atoms with Gasteiger partial charge in [0.25, 0.3) is 5.91 Å². The van der Waals surface area contributed by atoms with Crippen LogP contribution in [0.3, 0.4) is 0 Å². The van der Waals surface area contributed by atoms with Crippen LogP contribution in [0.2, 0.25) is 0 Å². The van der Waals surface area contributed by atoms with E-state index in [-0.39, 0.29) is 18.2 Å². The lowest BCUT2D eigenvalue weighted by molar-refractivity contribution is -0.121. The van der Waals surface area contributed by atoms with Crippen molar-refractivity contribution in [3.63, 3.8) is 0 Å². The van der Waals surface area contributed by atoms with Crippen molar-refractivity contribution in [1.82, 2.24) is 15.2 Å². The number of fused-ring (bicyclic) bond motifs is 1. The van der Waals surface area contributed by atoms with Crippen LogP contribution in [-0.2, 0) is 34.1 Å². The van der Waals surface area contributed by atoms with Gasteiger partial charge >= 0.3 is 0 Å². The summed E-state index contributed by atoms with van der Waals surface area (Å²) in [4.78, 5) is 26.6. The Kier molecular flexibility index (Phi) is 7.27. The Balaban J connectivity index is 1.25. The van der Waals surface area contributed by atoms with Gasteiger partial charge in [-0.25, -0.2) is 8.42 Å². The summed E-state index contributed by atoms with van der Waals surface area (Å²) in [5.74, 6) is -0.579. The largest absolute Gasteiger partial charge is 0.279 e. The van der Waals surface area contributed by atoms with Crippen molar-refractivity contribution in [3.8, 4) is 0 Å². The van der Waals surface area contributed by atoms with E-state index in [4.69, 9.17) is 0 Å². The molecule has 1 aromatic carbocycles. The second-order valence-corrected chi connectivity index (χ2v) is 11.5. The normalized spacial score (nSPS) is 16.9. The van der Waals surface area contributed by atoms with Crippen molar-refractivity contribution in [1.29, 1.82) is 0 Å². The minimum Gasteiger partial charge on any atom is -0.273 e. The number of hydrogen-bond donors (Lipinski definition) is 2. The maximum Gasteiger partial charge on any atom is 0.279 e. The number of sulfonamides is 1. The summed E-state index contributed by atoms with van der Waals surface area (Å²) in [6, 6.07) is 8.65. The molecule has 32 heavy (non-hydrogen) atoms. The molecule has 1 fully saturated rings. The molecule has 9 heteroatoms. The van der Waals surface area contributed by atoms with Crippen molar-refractivity contribution < 1.29 is 18.0 Å². The number of amides is 2. The van der Waals surface area contributed by atoms with Crippen LogP contribution in [0.15, 0.2) is 35.2 Å². The van der Waals surface area contributed by atoms with Crippen molar-refractivity contribution in [3.05, 3.63) is 51.2 Å². The van der Waals surface area contributed by atoms with Gasteiger partial charge in [0.2, 0.25) is 15.9 Å². The molecule has 1 aromatic heterocycles. The standard InChI is InChI=1S/C23H29N3O4S2/c27-22(24-25-23(28)21-16-18-6-5-7-20(18)31-21)13-10-17-8-11-19(12-9-17)32(29,30)26-14-3-1-2-4-15-26/h8-9,11-12,16H,1-7,10,13-15H2,(H,24,27)(H,25,28). The van der Waals surface area contributed by atoms with Gasteiger partial charge in [-0.1, -0.05) is 25.0 Å². The number of hydrogen-bond acceptors (Lipinski definition) is 5. The van der Waals surface area contributed by atoms with Crippen molar-refractivity contribution >= 4 is 33.2 Å². The van der Waals surface area contributed by atoms with Gasteiger partial charge in [-0.15, -0.1) is 11.3 Å².